The molecule has 0 aromatic heterocycles. The second-order valence-electron chi connectivity index (χ2n) is 3.91. The van der Waals surface area contributed by atoms with Crippen molar-refractivity contribution in [3.63, 3.8) is 0 Å². The van der Waals surface area contributed by atoms with Gasteiger partial charge in [-0.2, -0.15) is 0 Å². The molecule has 0 radical (unpaired) electrons. The second-order valence-corrected chi connectivity index (χ2v) is 3.91. The fourth-order valence-electron chi connectivity index (χ4n) is 1.67. The maximum atomic E-state index is 13.4. The number of aromatic carboxylic acids is 1. The number of rotatable bonds is 4. The Kier molecular flexibility index (Phi) is 3.71. The molecular weight excluding hydrogens is 227 g/mol. The van der Waals surface area contributed by atoms with Crippen LogP contribution in [0.2, 0.25) is 0 Å². The van der Waals surface area contributed by atoms with Gasteiger partial charge in [0.1, 0.15) is 5.82 Å². The summed E-state index contributed by atoms with van der Waals surface area (Å²) in [5.74, 6) is -1.52. The van der Waals surface area contributed by atoms with E-state index in [0.29, 0.717) is 13.2 Å². The van der Waals surface area contributed by atoms with Crippen molar-refractivity contribution in [2.24, 2.45) is 0 Å². The van der Waals surface area contributed by atoms with Crippen molar-refractivity contribution in [3.05, 3.63) is 35.1 Å². The quantitative estimate of drug-likeness (QED) is 0.872. The first-order chi connectivity index (χ1) is 8.16. The molecule has 1 aromatic carbocycles. The van der Waals surface area contributed by atoms with E-state index >= 15 is 0 Å². The van der Waals surface area contributed by atoms with Crippen LogP contribution in [0.4, 0.5) is 4.39 Å². The zero-order valence-electron chi connectivity index (χ0n) is 9.19. The zero-order valence-corrected chi connectivity index (χ0v) is 9.19. The molecule has 0 saturated carbocycles. The van der Waals surface area contributed by atoms with Gasteiger partial charge in [0.05, 0.1) is 24.9 Å². The molecule has 5 heteroatoms. The van der Waals surface area contributed by atoms with E-state index in [1.54, 1.807) is 0 Å². The number of ether oxygens (including phenoxy) is 2. The van der Waals surface area contributed by atoms with Crippen molar-refractivity contribution < 1.29 is 23.8 Å². The van der Waals surface area contributed by atoms with Gasteiger partial charge in [-0.05, 0) is 24.6 Å². The lowest BCUT2D eigenvalue weighted by Gasteiger charge is -2.10. The summed E-state index contributed by atoms with van der Waals surface area (Å²) in [6, 6.07) is 3.68. The normalized spacial score (nSPS) is 19.5. The number of halogens is 1. The van der Waals surface area contributed by atoms with Crippen LogP contribution in [0.3, 0.4) is 0 Å². The van der Waals surface area contributed by atoms with Crippen molar-refractivity contribution >= 4 is 5.97 Å². The predicted octanol–water partition coefficient (Wildman–Crippen LogP) is 1.83. The van der Waals surface area contributed by atoms with Crippen molar-refractivity contribution in [3.8, 4) is 0 Å². The first-order valence-electron chi connectivity index (χ1n) is 5.38. The molecule has 1 aliphatic heterocycles. The summed E-state index contributed by atoms with van der Waals surface area (Å²) in [5.41, 5.74) is 0.324. The minimum atomic E-state index is -1.07. The Balaban J connectivity index is 2.03. The average molecular weight is 240 g/mol. The van der Waals surface area contributed by atoms with Crippen LogP contribution in [-0.4, -0.2) is 30.4 Å². The van der Waals surface area contributed by atoms with Crippen molar-refractivity contribution in [1.82, 2.24) is 0 Å². The molecule has 0 amide bonds. The first-order valence-corrected chi connectivity index (χ1v) is 5.38. The van der Waals surface area contributed by atoms with Crippen LogP contribution in [0, 0.1) is 5.82 Å². The molecule has 2 rings (SSSR count). The fraction of sp³-hybridized carbons (Fsp3) is 0.417. The standard InChI is InChI=1S/C12H13FO4/c13-11-2-1-8(12(14)15)5-9(11)6-17-10-3-4-16-7-10/h1-2,5,10H,3-4,6-7H2,(H,14,15). The third-order valence-electron chi connectivity index (χ3n) is 2.66. The van der Waals surface area contributed by atoms with Crippen LogP contribution in [-0.2, 0) is 16.1 Å². The van der Waals surface area contributed by atoms with Crippen LogP contribution in [0.1, 0.15) is 22.3 Å². The summed E-state index contributed by atoms with van der Waals surface area (Å²) in [7, 11) is 0. The summed E-state index contributed by atoms with van der Waals surface area (Å²) in [6.45, 7) is 1.24. The van der Waals surface area contributed by atoms with Crippen LogP contribution < -0.4 is 0 Å². The molecule has 1 fully saturated rings. The fourth-order valence-corrected chi connectivity index (χ4v) is 1.67. The monoisotopic (exact) mass is 240 g/mol. The van der Waals surface area contributed by atoms with E-state index in [0.717, 1.165) is 12.5 Å². The number of hydrogen-bond acceptors (Lipinski definition) is 3. The van der Waals surface area contributed by atoms with Gasteiger partial charge in [-0.3, -0.25) is 0 Å². The van der Waals surface area contributed by atoms with Gasteiger partial charge in [0, 0.05) is 12.2 Å². The first kappa shape index (κ1) is 12.0. The average Bonchev–Trinajstić information content (AvgIpc) is 2.80. The molecule has 1 atom stereocenters. The number of benzene rings is 1. The van der Waals surface area contributed by atoms with E-state index in [-0.39, 0.29) is 23.8 Å². The lowest BCUT2D eigenvalue weighted by molar-refractivity contribution is 0.0304. The summed E-state index contributed by atoms with van der Waals surface area (Å²) in [5, 5.41) is 8.80. The Morgan fingerprint density at radius 3 is 3.06 bits per heavy atom. The minimum Gasteiger partial charge on any atom is -0.478 e. The summed E-state index contributed by atoms with van der Waals surface area (Å²) in [4.78, 5) is 10.7. The third-order valence-corrected chi connectivity index (χ3v) is 2.66. The number of carbonyl (C=O) groups is 1. The summed E-state index contributed by atoms with van der Waals surface area (Å²) in [6.07, 6.45) is 0.767. The van der Waals surface area contributed by atoms with Gasteiger partial charge in [-0.15, -0.1) is 0 Å². The third kappa shape index (κ3) is 3.01. The van der Waals surface area contributed by atoms with Crippen LogP contribution >= 0.6 is 0 Å². The Labute approximate surface area is 98.0 Å². The second kappa shape index (κ2) is 5.25. The van der Waals surface area contributed by atoms with E-state index in [9.17, 15) is 9.18 Å². The molecule has 1 N–H and O–H groups in total. The van der Waals surface area contributed by atoms with Gasteiger partial charge in [0.2, 0.25) is 0 Å². The van der Waals surface area contributed by atoms with E-state index < -0.39 is 11.8 Å². The highest BCUT2D eigenvalue weighted by Gasteiger charge is 2.17. The van der Waals surface area contributed by atoms with E-state index in [1.807, 2.05) is 0 Å². The Morgan fingerprint density at radius 2 is 2.41 bits per heavy atom. The molecule has 17 heavy (non-hydrogen) atoms. The minimum absolute atomic E-state index is 0.0251. The van der Waals surface area contributed by atoms with Crippen molar-refractivity contribution in [2.75, 3.05) is 13.2 Å². The predicted molar refractivity (Wildman–Crippen MR) is 57.4 cm³/mol. The summed E-state index contributed by atoms with van der Waals surface area (Å²) >= 11 is 0. The lowest BCUT2D eigenvalue weighted by atomic mass is 10.1. The highest BCUT2D eigenvalue weighted by molar-refractivity contribution is 5.87. The SMILES string of the molecule is O=C(O)c1ccc(F)c(COC2CCOC2)c1. The molecule has 1 aromatic rings. The van der Waals surface area contributed by atoms with Crippen LogP contribution in [0.25, 0.3) is 0 Å². The van der Waals surface area contributed by atoms with Gasteiger partial charge in [0.15, 0.2) is 0 Å². The molecule has 0 bridgehead atoms. The Morgan fingerprint density at radius 1 is 1.59 bits per heavy atom. The van der Waals surface area contributed by atoms with Gasteiger partial charge in [-0.1, -0.05) is 0 Å². The smallest absolute Gasteiger partial charge is 0.335 e. The molecule has 1 saturated heterocycles. The van der Waals surface area contributed by atoms with E-state index in [4.69, 9.17) is 14.6 Å². The molecule has 1 heterocycles. The van der Waals surface area contributed by atoms with E-state index in [2.05, 4.69) is 0 Å². The molecule has 1 aliphatic rings. The molecule has 0 aliphatic carbocycles. The maximum absolute atomic E-state index is 13.4. The molecule has 0 spiro atoms. The Bertz CT molecular complexity index is 413. The number of carboxylic acid groups (broad SMARTS) is 1. The van der Waals surface area contributed by atoms with Gasteiger partial charge in [-0.25, -0.2) is 9.18 Å². The Hall–Kier alpha value is -1.46. The molecular formula is C12H13FO4. The van der Waals surface area contributed by atoms with Crippen LogP contribution in [0.15, 0.2) is 18.2 Å². The van der Waals surface area contributed by atoms with Gasteiger partial charge >= 0.3 is 5.97 Å². The molecule has 4 nitrogen and oxygen atoms in total. The van der Waals surface area contributed by atoms with Crippen molar-refractivity contribution in [1.29, 1.82) is 0 Å². The summed E-state index contributed by atoms with van der Waals surface area (Å²) < 4.78 is 24.0. The van der Waals surface area contributed by atoms with E-state index in [1.165, 1.54) is 12.1 Å². The molecule has 1 unspecified atom stereocenters. The highest BCUT2D eigenvalue weighted by atomic mass is 19.1. The van der Waals surface area contributed by atoms with Gasteiger partial charge < -0.3 is 14.6 Å². The number of hydrogen-bond donors (Lipinski definition) is 1. The topological polar surface area (TPSA) is 55.8 Å². The van der Waals surface area contributed by atoms with Crippen LogP contribution in [0.5, 0.6) is 0 Å². The maximum Gasteiger partial charge on any atom is 0.335 e. The number of carboxylic acids is 1. The highest BCUT2D eigenvalue weighted by Crippen LogP contribution is 2.15. The zero-order chi connectivity index (χ0) is 12.3. The van der Waals surface area contributed by atoms with Crippen molar-refractivity contribution in [2.45, 2.75) is 19.1 Å². The molecule has 92 valence electrons. The largest absolute Gasteiger partial charge is 0.478 e. The van der Waals surface area contributed by atoms with Gasteiger partial charge in [0.25, 0.3) is 0 Å². The lowest BCUT2D eigenvalue weighted by Crippen LogP contribution is -2.13.